The number of hydrogen-bond donors (Lipinski definition) is 4. The molecule has 3 aliphatic rings. The Hall–Kier alpha value is -1.94. The Bertz CT molecular complexity index is 615. The summed E-state index contributed by atoms with van der Waals surface area (Å²) in [6, 6.07) is 0. The highest BCUT2D eigenvalue weighted by atomic mass is 16.6. The number of aliphatic hydroxyl groups excluding tert-OH is 3. The first-order valence-corrected chi connectivity index (χ1v) is 6.64. The first-order valence-electron chi connectivity index (χ1n) is 6.64. The van der Waals surface area contributed by atoms with Crippen molar-refractivity contribution in [2.45, 2.75) is 30.7 Å². The van der Waals surface area contributed by atoms with Gasteiger partial charge in [0.2, 0.25) is 0 Å². The van der Waals surface area contributed by atoms with Gasteiger partial charge in [0.15, 0.2) is 18.2 Å². The summed E-state index contributed by atoms with van der Waals surface area (Å²) in [5, 5.41) is 32.2. The van der Waals surface area contributed by atoms with Crippen molar-refractivity contribution < 1.29 is 20.1 Å². The van der Waals surface area contributed by atoms with E-state index in [9.17, 15) is 10.2 Å². The number of ether oxygens (including phenoxy) is 1. The van der Waals surface area contributed by atoms with Gasteiger partial charge in [-0.05, 0) is 0 Å². The van der Waals surface area contributed by atoms with Crippen molar-refractivity contribution in [2.24, 2.45) is 4.99 Å². The van der Waals surface area contributed by atoms with Crippen LogP contribution in [0.5, 0.6) is 0 Å². The Kier molecular flexibility index (Phi) is 2.76. The summed E-state index contributed by atoms with van der Waals surface area (Å²) in [4.78, 5) is 10.5. The maximum Gasteiger partial charge on any atom is 0.165 e. The summed E-state index contributed by atoms with van der Waals surface area (Å²) in [7, 11) is 0. The van der Waals surface area contributed by atoms with Crippen molar-refractivity contribution in [3.63, 3.8) is 0 Å². The largest absolute Gasteiger partial charge is 0.394 e. The zero-order valence-corrected chi connectivity index (χ0v) is 10.9. The van der Waals surface area contributed by atoms with Crippen molar-refractivity contribution in [1.29, 1.82) is 0 Å². The van der Waals surface area contributed by atoms with Gasteiger partial charge in [0.1, 0.15) is 24.0 Å². The van der Waals surface area contributed by atoms with Crippen LogP contribution in [0.15, 0.2) is 23.7 Å². The average Bonchev–Trinajstić information content (AvgIpc) is 3.17. The van der Waals surface area contributed by atoms with Crippen molar-refractivity contribution in [2.75, 3.05) is 6.61 Å². The van der Waals surface area contributed by atoms with Gasteiger partial charge in [-0.15, -0.1) is 0 Å². The molecule has 9 heteroatoms. The molecular weight excluding hydrogens is 278 g/mol. The van der Waals surface area contributed by atoms with Gasteiger partial charge in [-0.3, -0.25) is 4.57 Å². The van der Waals surface area contributed by atoms with E-state index in [1.165, 1.54) is 6.33 Å². The molecule has 21 heavy (non-hydrogen) atoms. The van der Waals surface area contributed by atoms with Crippen molar-refractivity contribution in [1.82, 2.24) is 19.8 Å². The molecule has 112 valence electrons. The predicted octanol–water partition coefficient (Wildman–Crippen LogP) is -1.46. The van der Waals surface area contributed by atoms with E-state index in [0.29, 0.717) is 11.5 Å². The number of nitrogens with one attached hydrogen (secondary N) is 1. The standard InChI is InChI=1S/C12H15N5O4/c18-3-6-8(19)9(20)12(21-6)17-5-14-7-10-13-1-2-16(10)4-15-11(7)17/h1-2,4-6,8-10,12-13,18-20H,3H2. The molecule has 4 rings (SSSR count). The molecule has 0 saturated carbocycles. The highest BCUT2D eigenvalue weighted by Gasteiger charge is 2.45. The zero-order valence-electron chi connectivity index (χ0n) is 10.9. The van der Waals surface area contributed by atoms with E-state index in [4.69, 9.17) is 9.84 Å². The van der Waals surface area contributed by atoms with Crippen molar-refractivity contribution >= 4 is 12.2 Å². The molecule has 9 nitrogen and oxygen atoms in total. The minimum atomic E-state index is -1.15. The molecule has 0 amide bonds. The number of aliphatic hydroxyl groups is 3. The SMILES string of the molecule is OCC1OC(n2cnc3c2N=CN2C=CNC32)C(O)C1O. The molecule has 5 atom stereocenters. The molecule has 0 bridgehead atoms. The van der Waals surface area contributed by atoms with E-state index in [0.717, 1.165) is 0 Å². The third kappa shape index (κ3) is 1.72. The van der Waals surface area contributed by atoms with Gasteiger partial charge in [-0.1, -0.05) is 0 Å². The van der Waals surface area contributed by atoms with Crippen LogP contribution < -0.4 is 5.32 Å². The number of hydrogen-bond acceptors (Lipinski definition) is 8. The van der Waals surface area contributed by atoms with Crippen molar-refractivity contribution in [3.05, 3.63) is 24.4 Å². The molecule has 0 aliphatic carbocycles. The second-order valence-electron chi connectivity index (χ2n) is 5.17. The smallest absolute Gasteiger partial charge is 0.165 e. The highest BCUT2D eigenvalue weighted by molar-refractivity contribution is 5.67. The maximum atomic E-state index is 10.1. The molecule has 4 N–H and O–H groups in total. The minimum Gasteiger partial charge on any atom is -0.394 e. The number of rotatable bonds is 2. The van der Waals surface area contributed by atoms with Crippen molar-refractivity contribution in [3.8, 4) is 0 Å². The topological polar surface area (TPSA) is 115 Å². The van der Waals surface area contributed by atoms with Gasteiger partial charge >= 0.3 is 0 Å². The number of aromatic nitrogens is 2. The van der Waals surface area contributed by atoms with Crippen LogP contribution in [0.1, 0.15) is 18.1 Å². The lowest BCUT2D eigenvalue weighted by molar-refractivity contribution is -0.0520. The Labute approximate surface area is 119 Å². The Morgan fingerprint density at radius 1 is 1.33 bits per heavy atom. The molecule has 0 aromatic carbocycles. The quantitative estimate of drug-likeness (QED) is 0.527. The predicted molar refractivity (Wildman–Crippen MR) is 70.2 cm³/mol. The van der Waals surface area contributed by atoms with Gasteiger partial charge in [0, 0.05) is 12.4 Å². The summed E-state index contributed by atoms with van der Waals surface area (Å²) in [6.07, 6.45) is 2.76. The van der Waals surface area contributed by atoms with E-state index in [2.05, 4.69) is 15.3 Å². The first kappa shape index (κ1) is 12.8. The first-order chi connectivity index (χ1) is 10.2. The fourth-order valence-corrected chi connectivity index (χ4v) is 2.83. The summed E-state index contributed by atoms with van der Waals surface area (Å²) in [5.74, 6) is 0.558. The second-order valence-corrected chi connectivity index (χ2v) is 5.17. The molecule has 0 radical (unpaired) electrons. The van der Waals surface area contributed by atoms with Gasteiger partial charge in [0.05, 0.1) is 19.3 Å². The van der Waals surface area contributed by atoms with Crippen LogP contribution in [-0.4, -0.2) is 61.0 Å². The molecule has 1 saturated heterocycles. The summed E-state index contributed by atoms with van der Waals surface area (Å²) in [6.45, 7) is -0.364. The van der Waals surface area contributed by atoms with E-state index in [-0.39, 0.29) is 12.8 Å². The van der Waals surface area contributed by atoms with E-state index in [1.54, 1.807) is 17.1 Å². The number of fused-ring (bicyclic) bond motifs is 3. The summed E-state index contributed by atoms with van der Waals surface area (Å²) < 4.78 is 7.08. The molecule has 5 unspecified atom stereocenters. The minimum absolute atomic E-state index is 0.129. The number of nitrogens with zero attached hydrogens (tertiary/aromatic N) is 4. The van der Waals surface area contributed by atoms with Crippen LogP contribution >= 0.6 is 0 Å². The lowest BCUT2D eigenvalue weighted by atomic mass is 10.1. The van der Waals surface area contributed by atoms with E-state index >= 15 is 0 Å². The normalized spacial score (nSPS) is 36.7. The fourth-order valence-electron chi connectivity index (χ4n) is 2.83. The average molecular weight is 293 g/mol. The molecular formula is C12H15N5O4. The molecule has 4 heterocycles. The monoisotopic (exact) mass is 293 g/mol. The molecule has 1 fully saturated rings. The lowest BCUT2D eigenvalue weighted by Crippen LogP contribution is -2.33. The van der Waals surface area contributed by atoms with Crippen LogP contribution in [-0.2, 0) is 4.74 Å². The maximum absolute atomic E-state index is 10.1. The number of imidazole rings is 1. The van der Waals surface area contributed by atoms with E-state index < -0.39 is 24.5 Å². The Balaban J connectivity index is 1.69. The van der Waals surface area contributed by atoms with Gasteiger partial charge in [0.25, 0.3) is 0 Å². The van der Waals surface area contributed by atoms with Gasteiger partial charge < -0.3 is 30.3 Å². The molecule has 1 aromatic rings. The van der Waals surface area contributed by atoms with Gasteiger partial charge in [-0.25, -0.2) is 9.98 Å². The highest BCUT2D eigenvalue weighted by Crippen LogP contribution is 2.38. The van der Waals surface area contributed by atoms with Gasteiger partial charge in [-0.2, -0.15) is 0 Å². The van der Waals surface area contributed by atoms with Crippen LogP contribution in [0.2, 0.25) is 0 Å². The third-order valence-electron chi connectivity index (χ3n) is 3.96. The van der Waals surface area contributed by atoms with Crippen LogP contribution in [0, 0.1) is 0 Å². The molecule has 0 spiro atoms. The summed E-state index contributed by atoms with van der Waals surface area (Å²) in [5.41, 5.74) is 0.709. The van der Waals surface area contributed by atoms with Crippen LogP contribution in [0.4, 0.5) is 5.82 Å². The Morgan fingerprint density at radius 2 is 2.19 bits per heavy atom. The van der Waals surface area contributed by atoms with E-state index in [1.807, 2.05) is 11.1 Å². The third-order valence-corrected chi connectivity index (χ3v) is 3.96. The fraction of sp³-hybridized carbons (Fsp3) is 0.500. The number of aliphatic imine (C=N–C) groups is 1. The Morgan fingerprint density at radius 3 is 2.95 bits per heavy atom. The molecule has 3 aliphatic heterocycles. The van der Waals surface area contributed by atoms with Crippen LogP contribution in [0.3, 0.4) is 0 Å². The zero-order chi connectivity index (χ0) is 14.6. The summed E-state index contributed by atoms with van der Waals surface area (Å²) >= 11 is 0. The molecule has 1 aromatic heterocycles. The van der Waals surface area contributed by atoms with Crippen LogP contribution in [0.25, 0.3) is 0 Å². The lowest BCUT2D eigenvalue weighted by Gasteiger charge is -2.25. The second kappa shape index (κ2) is 4.53.